The Labute approximate surface area is 77.2 Å². The quantitative estimate of drug-likeness (QED) is 0.612. The van der Waals surface area contributed by atoms with E-state index in [1.54, 1.807) is 0 Å². The minimum atomic E-state index is -0.249. The van der Waals surface area contributed by atoms with E-state index in [1.807, 2.05) is 0 Å². The fraction of sp³-hybridized carbons (Fsp3) is 0.778. The number of ether oxygens (including phenoxy) is 2. The molecular formula is C9H14O4. The van der Waals surface area contributed by atoms with Gasteiger partial charge in [0.1, 0.15) is 0 Å². The lowest BCUT2D eigenvalue weighted by atomic mass is 9.98. The van der Waals surface area contributed by atoms with Crippen LogP contribution in [0.25, 0.3) is 0 Å². The van der Waals surface area contributed by atoms with Crippen LogP contribution in [0.5, 0.6) is 0 Å². The lowest BCUT2D eigenvalue weighted by Gasteiger charge is -2.10. The van der Waals surface area contributed by atoms with Crippen LogP contribution < -0.4 is 0 Å². The molecule has 4 heteroatoms. The molecule has 0 aromatic heterocycles. The van der Waals surface area contributed by atoms with E-state index in [0.29, 0.717) is 12.8 Å². The van der Waals surface area contributed by atoms with Gasteiger partial charge in [-0.1, -0.05) is 0 Å². The first-order valence-electron chi connectivity index (χ1n) is 4.25. The van der Waals surface area contributed by atoms with Crippen LogP contribution in [0.4, 0.5) is 0 Å². The Morgan fingerprint density at radius 2 is 1.46 bits per heavy atom. The summed E-state index contributed by atoms with van der Waals surface area (Å²) in [7, 11) is 2.72. The molecule has 0 spiro atoms. The summed E-state index contributed by atoms with van der Waals surface area (Å²) in [4.78, 5) is 21.9. The van der Waals surface area contributed by atoms with Crippen LogP contribution in [0, 0.1) is 5.41 Å². The number of carbonyl (C=O) groups excluding carboxylic acids is 2. The number of methoxy groups -OCH3 is 2. The van der Waals surface area contributed by atoms with E-state index in [-0.39, 0.29) is 17.4 Å². The molecule has 13 heavy (non-hydrogen) atoms. The van der Waals surface area contributed by atoms with Gasteiger partial charge >= 0.3 is 11.9 Å². The molecule has 1 rings (SSSR count). The summed E-state index contributed by atoms with van der Waals surface area (Å²) in [5.41, 5.74) is -0.153. The van der Waals surface area contributed by atoms with Crippen molar-refractivity contribution in [3.8, 4) is 0 Å². The van der Waals surface area contributed by atoms with E-state index >= 15 is 0 Å². The van der Waals surface area contributed by atoms with Crippen molar-refractivity contribution in [2.75, 3.05) is 14.2 Å². The zero-order valence-electron chi connectivity index (χ0n) is 7.96. The Morgan fingerprint density at radius 3 is 1.69 bits per heavy atom. The topological polar surface area (TPSA) is 52.6 Å². The minimum absolute atomic E-state index is 0.153. The van der Waals surface area contributed by atoms with Crippen molar-refractivity contribution < 1.29 is 19.1 Å². The van der Waals surface area contributed by atoms with E-state index in [0.717, 1.165) is 12.8 Å². The number of hydrogen-bond acceptors (Lipinski definition) is 4. The third-order valence-corrected chi connectivity index (χ3v) is 2.45. The van der Waals surface area contributed by atoms with E-state index in [2.05, 4.69) is 9.47 Å². The Kier molecular flexibility index (Phi) is 2.90. The molecule has 4 nitrogen and oxygen atoms in total. The summed E-state index contributed by atoms with van der Waals surface area (Å²) in [6.07, 6.45) is 2.49. The van der Waals surface area contributed by atoms with Gasteiger partial charge in [0.05, 0.1) is 27.1 Å². The Hall–Kier alpha value is -1.06. The van der Waals surface area contributed by atoms with Gasteiger partial charge in [0.25, 0.3) is 0 Å². The van der Waals surface area contributed by atoms with E-state index < -0.39 is 0 Å². The van der Waals surface area contributed by atoms with E-state index in [4.69, 9.17) is 0 Å². The Morgan fingerprint density at radius 1 is 1.08 bits per heavy atom. The molecule has 1 fully saturated rings. The lowest BCUT2D eigenvalue weighted by Crippen LogP contribution is -2.15. The normalized spacial score (nSPS) is 17.7. The lowest BCUT2D eigenvalue weighted by molar-refractivity contribution is -0.145. The average Bonchev–Trinajstić information content (AvgIpc) is 2.84. The molecule has 0 aromatic rings. The highest BCUT2D eigenvalue weighted by atomic mass is 16.5. The van der Waals surface area contributed by atoms with Gasteiger partial charge in [-0.2, -0.15) is 0 Å². The molecule has 1 saturated carbocycles. The van der Waals surface area contributed by atoms with Gasteiger partial charge in [-0.25, -0.2) is 0 Å². The predicted molar refractivity (Wildman–Crippen MR) is 44.9 cm³/mol. The van der Waals surface area contributed by atoms with Gasteiger partial charge < -0.3 is 9.47 Å². The van der Waals surface area contributed by atoms with Crippen LogP contribution in [0.15, 0.2) is 0 Å². The van der Waals surface area contributed by atoms with Crippen LogP contribution in [-0.2, 0) is 19.1 Å². The highest BCUT2D eigenvalue weighted by Crippen LogP contribution is 2.52. The maximum atomic E-state index is 11.0. The van der Waals surface area contributed by atoms with Gasteiger partial charge in [-0.05, 0) is 18.3 Å². The monoisotopic (exact) mass is 186 g/mol. The van der Waals surface area contributed by atoms with Gasteiger partial charge in [0, 0.05) is 0 Å². The van der Waals surface area contributed by atoms with E-state index in [9.17, 15) is 9.59 Å². The highest BCUT2D eigenvalue weighted by Gasteiger charge is 2.46. The maximum Gasteiger partial charge on any atom is 0.306 e. The molecule has 0 saturated heterocycles. The van der Waals surface area contributed by atoms with Crippen molar-refractivity contribution in [2.45, 2.75) is 25.7 Å². The maximum absolute atomic E-state index is 11.0. The molecule has 0 N–H and O–H groups in total. The second-order valence-electron chi connectivity index (χ2n) is 3.51. The average molecular weight is 186 g/mol. The SMILES string of the molecule is COC(=O)CC1(CC(=O)OC)CC1. The molecule has 0 radical (unpaired) electrons. The molecular weight excluding hydrogens is 172 g/mol. The summed E-state index contributed by atoms with van der Waals surface area (Å²) in [6.45, 7) is 0. The number of carbonyl (C=O) groups is 2. The number of hydrogen-bond donors (Lipinski definition) is 0. The summed E-state index contributed by atoms with van der Waals surface area (Å²) in [6, 6.07) is 0. The van der Waals surface area contributed by atoms with Crippen molar-refractivity contribution in [2.24, 2.45) is 5.41 Å². The molecule has 0 unspecified atom stereocenters. The first-order chi connectivity index (χ1) is 6.12. The first kappa shape index (κ1) is 10.0. The molecule has 0 aliphatic heterocycles. The third-order valence-electron chi connectivity index (χ3n) is 2.45. The smallest absolute Gasteiger partial charge is 0.306 e. The molecule has 0 aromatic carbocycles. The van der Waals surface area contributed by atoms with Crippen molar-refractivity contribution in [3.05, 3.63) is 0 Å². The largest absolute Gasteiger partial charge is 0.469 e. The fourth-order valence-electron chi connectivity index (χ4n) is 1.35. The molecule has 74 valence electrons. The van der Waals surface area contributed by atoms with E-state index in [1.165, 1.54) is 14.2 Å². The molecule has 1 aliphatic rings. The molecule has 0 amide bonds. The Balaban J connectivity index is 2.39. The zero-order chi connectivity index (χ0) is 9.90. The van der Waals surface area contributed by atoms with Crippen molar-refractivity contribution >= 4 is 11.9 Å². The number of rotatable bonds is 4. The van der Waals surface area contributed by atoms with Crippen LogP contribution in [0.1, 0.15) is 25.7 Å². The standard InChI is InChI=1S/C9H14O4/c1-12-7(10)5-9(3-4-9)6-8(11)13-2/h3-6H2,1-2H3. The van der Waals surface area contributed by atoms with Crippen molar-refractivity contribution in [3.63, 3.8) is 0 Å². The van der Waals surface area contributed by atoms with Gasteiger partial charge in [-0.3, -0.25) is 9.59 Å². The van der Waals surface area contributed by atoms with Crippen LogP contribution in [0.3, 0.4) is 0 Å². The molecule has 0 atom stereocenters. The summed E-state index contributed by atoms with van der Waals surface area (Å²) in [5, 5.41) is 0. The van der Waals surface area contributed by atoms with Crippen LogP contribution in [0.2, 0.25) is 0 Å². The molecule has 1 aliphatic carbocycles. The Bertz CT molecular complexity index is 198. The van der Waals surface area contributed by atoms with Crippen molar-refractivity contribution in [1.82, 2.24) is 0 Å². The number of esters is 2. The predicted octanol–water partition coefficient (Wildman–Crippen LogP) is 0.893. The second-order valence-corrected chi connectivity index (χ2v) is 3.51. The summed E-state index contributed by atoms with van der Waals surface area (Å²) >= 11 is 0. The van der Waals surface area contributed by atoms with Crippen LogP contribution >= 0.6 is 0 Å². The molecule has 0 bridgehead atoms. The minimum Gasteiger partial charge on any atom is -0.469 e. The molecule has 0 heterocycles. The third kappa shape index (κ3) is 2.72. The van der Waals surface area contributed by atoms with Crippen LogP contribution in [-0.4, -0.2) is 26.2 Å². The zero-order valence-corrected chi connectivity index (χ0v) is 7.96. The highest BCUT2D eigenvalue weighted by molar-refractivity contribution is 5.75. The van der Waals surface area contributed by atoms with Gasteiger partial charge in [0.2, 0.25) is 0 Å². The first-order valence-corrected chi connectivity index (χ1v) is 4.25. The summed E-state index contributed by atoms with van der Waals surface area (Å²) in [5.74, 6) is -0.497. The summed E-state index contributed by atoms with van der Waals surface area (Å²) < 4.78 is 9.10. The van der Waals surface area contributed by atoms with Gasteiger partial charge in [0.15, 0.2) is 0 Å². The van der Waals surface area contributed by atoms with Gasteiger partial charge in [-0.15, -0.1) is 0 Å². The van der Waals surface area contributed by atoms with Crippen molar-refractivity contribution in [1.29, 1.82) is 0 Å². The second kappa shape index (κ2) is 3.77. The fourth-order valence-corrected chi connectivity index (χ4v) is 1.35.